The van der Waals surface area contributed by atoms with E-state index in [1.807, 2.05) is 0 Å². The maximum Gasteiger partial charge on any atom is 0.411 e. The second-order valence-corrected chi connectivity index (χ2v) is 6.76. The lowest BCUT2D eigenvalue weighted by Gasteiger charge is -2.28. The fourth-order valence-electron chi connectivity index (χ4n) is 2.20. The number of carboxylic acids is 1. The minimum Gasteiger partial charge on any atom is -0.477 e. The van der Waals surface area contributed by atoms with Crippen molar-refractivity contribution in [2.45, 2.75) is 27.6 Å². The van der Waals surface area contributed by atoms with Gasteiger partial charge in [0.2, 0.25) is 0 Å². The van der Waals surface area contributed by atoms with Gasteiger partial charge in [0.15, 0.2) is 0 Å². The molecule has 1 aliphatic rings. The highest BCUT2D eigenvalue weighted by Crippen LogP contribution is 2.49. The first-order valence-electron chi connectivity index (χ1n) is 7.56. The van der Waals surface area contributed by atoms with Crippen LogP contribution in [-0.4, -0.2) is 34.8 Å². The van der Waals surface area contributed by atoms with Crippen LogP contribution in [0.25, 0.3) is 0 Å². The van der Waals surface area contributed by atoms with E-state index in [-0.39, 0.29) is 5.75 Å². The fraction of sp³-hybridized carbons (Fsp3) is 0.176. The third-order valence-electron chi connectivity index (χ3n) is 3.73. The lowest BCUT2D eigenvalue weighted by Crippen LogP contribution is -2.61. The summed E-state index contributed by atoms with van der Waals surface area (Å²) in [4.78, 5) is 22.9. The van der Waals surface area contributed by atoms with Crippen molar-refractivity contribution in [3.05, 3.63) is 42.5 Å². The zero-order chi connectivity index (χ0) is 21.6. The number of alkyl halides is 6. The summed E-state index contributed by atoms with van der Waals surface area (Å²) in [6.07, 6.45) is 0. The molecule has 0 fully saturated rings. The third-order valence-corrected chi connectivity index (χ3v) is 4.84. The van der Waals surface area contributed by atoms with E-state index in [0.29, 0.717) is 10.6 Å². The molecule has 0 amide bonds. The molecule has 1 N–H and O–H groups in total. The lowest BCUT2D eigenvalue weighted by atomic mass is 10.0. The molecular formula is C17H8F6O5S. The SMILES string of the molecule is O=C(O)C(F)(F)C(F)(F)C(F)(F)C(=O)Oc1ccc2c(c1)Oc1ccccc1S2. The number of halogens is 6. The Hall–Kier alpha value is -2.89. The number of aliphatic carboxylic acids is 1. The van der Waals surface area contributed by atoms with Gasteiger partial charge in [-0.05, 0) is 24.3 Å². The van der Waals surface area contributed by atoms with Gasteiger partial charge in [-0.25, -0.2) is 9.59 Å². The van der Waals surface area contributed by atoms with Crippen molar-refractivity contribution >= 4 is 23.7 Å². The number of carbonyl (C=O) groups excluding carboxylic acids is 1. The first-order valence-corrected chi connectivity index (χ1v) is 8.37. The largest absolute Gasteiger partial charge is 0.477 e. The van der Waals surface area contributed by atoms with Crippen LogP contribution in [0.3, 0.4) is 0 Å². The zero-order valence-corrected chi connectivity index (χ0v) is 14.6. The molecule has 2 aromatic carbocycles. The predicted octanol–water partition coefficient (Wildman–Crippen LogP) is 4.84. The van der Waals surface area contributed by atoms with E-state index in [2.05, 4.69) is 4.74 Å². The molecule has 12 heteroatoms. The quantitative estimate of drug-likeness (QED) is 0.349. The molecule has 0 saturated heterocycles. The molecule has 0 unspecified atom stereocenters. The zero-order valence-electron chi connectivity index (χ0n) is 13.8. The molecule has 1 heterocycles. The van der Waals surface area contributed by atoms with E-state index in [1.54, 1.807) is 24.3 Å². The van der Waals surface area contributed by atoms with E-state index < -0.39 is 35.5 Å². The summed E-state index contributed by atoms with van der Waals surface area (Å²) < 4.78 is 89.8. The first-order chi connectivity index (χ1) is 13.4. The van der Waals surface area contributed by atoms with Gasteiger partial charge in [-0.3, -0.25) is 0 Å². The lowest BCUT2D eigenvalue weighted by molar-refractivity contribution is -0.297. The number of carbonyl (C=O) groups is 2. The molecule has 154 valence electrons. The van der Waals surface area contributed by atoms with Crippen LogP contribution in [0.5, 0.6) is 17.2 Å². The molecular weight excluding hydrogens is 430 g/mol. The smallest absolute Gasteiger partial charge is 0.411 e. The average Bonchev–Trinajstić information content (AvgIpc) is 2.65. The van der Waals surface area contributed by atoms with Crippen LogP contribution in [0.1, 0.15) is 0 Å². The molecule has 1 aliphatic heterocycles. The predicted molar refractivity (Wildman–Crippen MR) is 85.2 cm³/mol. The van der Waals surface area contributed by atoms with Crippen molar-refractivity contribution in [3.8, 4) is 17.2 Å². The number of esters is 1. The van der Waals surface area contributed by atoms with Gasteiger partial charge in [-0.1, -0.05) is 23.9 Å². The number of benzene rings is 2. The van der Waals surface area contributed by atoms with Gasteiger partial charge in [-0.15, -0.1) is 0 Å². The number of para-hydroxylation sites is 1. The van der Waals surface area contributed by atoms with Crippen molar-refractivity contribution in [2.24, 2.45) is 0 Å². The van der Waals surface area contributed by atoms with E-state index in [9.17, 15) is 35.9 Å². The summed E-state index contributed by atoms with van der Waals surface area (Å²) >= 11 is 1.23. The number of carboxylic acid groups (broad SMARTS) is 1. The van der Waals surface area contributed by atoms with Crippen LogP contribution >= 0.6 is 11.8 Å². The minimum atomic E-state index is -6.54. The Morgan fingerprint density at radius 1 is 0.897 bits per heavy atom. The van der Waals surface area contributed by atoms with Gasteiger partial charge < -0.3 is 14.6 Å². The Bertz CT molecular complexity index is 994. The van der Waals surface area contributed by atoms with Gasteiger partial charge in [0.25, 0.3) is 0 Å². The molecule has 0 bridgehead atoms. The molecule has 0 spiro atoms. The van der Waals surface area contributed by atoms with Crippen molar-refractivity contribution in [1.82, 2.24) is 0 Å². The van der Waals surface area contributed by atoms with Crippen molar-refractivity contribution in [3.63, 3.8) is 0 Å². The molecule has 0 radical (unpaired) electrons. The molecule has 0 aromatic heterocycles. The first kappa shape index (κ1) is 20.8. The van der Waals surface area contributed by atoms with E-state index in [4.69, 9.17) is 9.84 Å². The molecule has 0 aliphatic carbocycles. The summed E-state index contributed by atoms with van der Waals surface area (Å²) in [6.45, 7) is 0. The Morgan fingerprint density at radius 2 is 1.52 bits per heavy atom. The topological polar surface area (TPSA) is 72.8 Å². The highest BCUT2D eigenvalue weighted by molar-refractivity contribution is 7.99. The summed E-state index contributed by atoms with van der Waals surface area (Å²) in [6, 6.07) is 9.89. The maximum absolute atomic E-state index is 13.7. The van der Waals surface area contributed by atoms with E-state index >= 15 is 0 Å². The van der Waals surface area contributed by atoms with E-state index in [1.165, 1.54) is 17.8 Å². The molecule has 29 heavy (non-hydrogen) atoms. The molecule has 5 nitrogen and oxygen atoms in total. The molecule has 0 saturated carbocycles. The maximum atomic E-state index is 13.7. The number of hydrogen-bond acceptors (Lipinski definition) is 5. The minimum absolute atomic E-state index is 0.0462. The van der Waals surface area contributed by atoms with Gasteiger partial charge in [0.1, 0.15) is 17.2 Å². The summed E-state index contributed by atoms with van der Waals surface area (Å²) in [5, 5.41) is 8.09. The second-order valence-electron chi connectivity index (χ2n) is 5.68. The van der Waals surface area contributed by atoms with Crippen LogP contribution in [0, 0.1) is 0 Å². The molecule has 2 aromatic rings. The van der Waals surface area contributed by atoms with Gasteiger partial charge in [0, 0.05) is 6.07 Å². The van der Waals surface area contributed by atoms with Gasteiger partial charge >= 0.3 is 29.7 Å². The third kappa shape index (κ3) is 3.37. The Morgan fingerprint density at radius 3 is 2.17 bits per heavy atom. The Kier molecular flexibility index (Phi) is 4.93. The molecule has 0 atom stereocenters. The standard InChI is InChI=1S/C17H8F6O5S/c18-15(19,13(24)25)17(22,23)16(20,21)14(26)27-8-5-6-12-10(7-8)28-9-3-1-2-4-11(9)29-12/h1-7H,(H,24,25). The number of rotatable bonds is 5. The van der Waals surface area contributed by atoms with Crippen molar-refractivity contribution < 1.29 is 50.5 Å². The van der Waals surface area contributed by atoms with Crippen LogP contribution in [-0.2, 0) is 9.59 Å². The fourth-order valence-corrected chi connectivity index (χ4v) is 3.13. The monoisotopic (exact) mass is 438 g/mol. The number of hydrogen-bond donors (Lipinski definition) is 1. The summed E-state index contributed by atoms with van der Waals surface area (Å²) in [5.41, 5.74) is 0. The highest BCUT2D eigenvalue weighted by atomic mass is 32.2. The van der Waals surface area contributed by atoms with Crippen LogP contribution < -0.4 is 9.47 Å². The Balaban J connectivity index is 1.84. The average molecular weight is 438 g/mol. The summed E-state index contributed by atoms with van der Waals surface area (Å²) in [7, 11) is 0. The Labute approximate surface area is 162 Å². The van der Waals surface area contributed by atoms with Crippen molar-refractivity contribution in [1.29, 1.82) is 0 Å². The highest BCUT2D eigenvalue weighted by Gasteiger charge is 2.79. The van der Waals surface area contributed by atoms with Gasteiger partial charge in [-0.2, -0.15) is 26.3 Å². The normalized spacial score (nSPS) is 13.7. The van der Waals surface area contributed by atoms with Crippen LogP contribution in [0.15, 0.2) is 52.3 Å². The number of fused-ring (bicyclic) bond motifs is 2. The van der Waals surface area contributed by atoms with Gasteiger partial charge in [0.05, 0.1) is 9.79 Å². The summed E-state index contributed by atoms with van der Waals surface area (Å²) in [5.74, 6) is -25.7. The second kappa shape index (κ2) is 6.87. The van der Waals surface area contributed by atoms with E-state index in [0.717, 1.165) is 17.0 Å². The molecule has 3 rings (SSSR count). The van der Waals surface area contributed by atoms with Crippen molar-refractivity contribution in [2.75, 3.05) is 0 Å². The van der Waals surface area contributed by atoms with Crippen LogP contribution in [0.2, 0.25) is 0 Å². The number of ether oxygens (including phenoxy) is 2. The van der Waals surface area contributed by atoms with Crippen LogP contribution in [0.4, 0.5) is 26.3 Å².